The van der Waals surface area contributed by atoms with Gasteiger partial charge in [-0.15, -0.1) is 0 Å². The number of benzene rings is 2. The molecule has 2 aromatic carbocycles. The van der Waals surface area contributed by atoms with E-state index in [0.717, 1.165) is 11.1 Å². The van der Waals surface area contributed by atoms with Crippen LogP contribution < -0.4 is 5.63 Å². The lowest BCUT2D eigenvalue weighted by molar-refractivity contribution is 0.0764. The number of rotatable bonds is 4. The topological polar surface area (TPSA) is 83.6 Å². The van der Waals surface area contributed by atoms with Gasteiger partial charge < -0.3 is 14.4 Å². The van der Waals surface area contributed by atoms with Crippen LogP contribution in [0.25, 0.3) is 22.1 Å². The van der Waals surface area contributed by atoms with E-state index in [-0.39, 0.29) is 18.4 Å². The van der Waals surface area contributed by atoms with Gasteiger partial charge in [0.25, 0.3) is 5.91 Å². The lowest BCUT2D eigenvalue weighted by Crippen LogP contribution is -2.29. The number of aromatic nitrogens is 1. The summed E-state index contributed by atoms with van der Waals surface area (Å²) in [5.41, 5.74) is 2.49. The molecule has 2 aromatic heterocycles. The fraction of sp³-hybridized carbons (Fsp3) is 0.192. The molecule has 0 unspecified atom stereocenters. The molecule has 6 heteroatoms. The van der Waals surface area contributed by atoms with Crippen LogP contribution in [-0.4, -0.2) is 40.1 Å². The van der Waals surface area contributed by atoms with Crippen molar-refractivity contribution >= 4 is 16.9 Å². The van der Waals surface area contributed by atoms with E-state index in [1.54, 1.807) is 47.5 Å². The maximum Gasteiger partial charge on any atom is 0.344 e. The van der Waals surface area contributed by atoms with Crippen LogP contribution in [-0.2, 0) is 6.42 Å². The molecule has 3 heterocycles. The number of pyridine rings is 1. The second kappa shape index (κ2) is 8.40. The van der Waals surface area contributed by atoms with E-state index in [0.29, 0.717) is 35.2 Å². The fourth-order valence-electron chi connectivity index (χ4n) is 4.27. The van der Waals surface area contributed by atoms with E-state index in [4.69, 9.17) is 4.42 Å². The number of fused-ring (bicyclic) bond motifs is 1. The van der Waals surface area contributed by atoms with E-state index in [9.17, 15) is 14.7 Å². The molecule has 1 N–H and O–H groups in total. The highest BCUT2D eigenvalue weighted by Gasteiger charge is 2.34. The molecule has 5 rings (SSSR count). The first-order valence-electron chi connectivity index (χ1n) is 10.6. The Morgan fingerprint density at radius 1 is 1.03 bits per heavy atom. The van der Waals surface area contributed by atoms with Crippen molar-refractivity contribution in [1.82, 2.24) is 9.88 Å². The van der Waals surface area contributed by atoms with Gasteiger partial charge in [0.15, 0.2) is 0 Å². The van der Waals surface area contributed by atoms with Crippen LogP contribution >= 0.6 is 0 Å². The minimum atomic E-state index is -0.600. The number of hydrogen-bond acceptors (Lipinski definition) is 5. The van der Waals surface area contributed by atoms with E-state index >= 15 is 0 Å². The highest BCUT2D eigenvalue weighted by atomic mass is 16.4. The maximum absolute atomic E-state index is 13.2. The molecular weight excluding hydrogens is 404 g/mol. The number of likely N-dealkylation sites (tertiary alicyclic amines) is 1. The van der Waals surface area contributed by atoms with Crippen molar-refractivity contribution in [2.24, 2.45) is 5.92 Å². The van der Waals surface area contributed by atoms with Gasteiger partial charge in [-0.1, -0.05) is 36.4 Å². The Kier molecular flexibility index (Phi) is 5.29. The number of para-hydroxylation sites is 1. The van der Waals surface area contributed by atoms with Gasteiger partial charge in [-0.05, 0) is 48.4 Å². The third kappa shape index (κ3) is 3.92. The van der Waals surface area contributed by atoms with Crippen LogP contribution in [0.3, 0.4) is 0 Å². The number of β-amino-alcohol motifs (C(OH)–C–C–N with tert-alkyl or cyclic N) is 1. The standard InChI is InChI=1S/C26H22N2O4/c29-23-16-28(15-20(23)13-21-9-3-4-11-27-21)25(30)19-8-5-7-17(12-19)22-14-18-6-1-2-10-24(18)32-26(22)31/h1-12,14,20,23,29H,13,15-16H2/t20-,23-/m1/s1. The normalized spacial score (nSPS) is 18.2. The van der Waals surface area contributed by atoms with Gasteiger partial charge in [-0.25, -0.2) is 4.79 Å². The van der Waals surface area contributed by atoms with Gasteiger partial charge in [-0.2, -0.15) is 0 Å². The van der Waals surface area contributed by atoms with Crippen molar-refractivity contribution in [2.75, 3.05) is 13.1 Å². The number of carbonyl (C=O) groups excluding carboxylic acids is 1. The van der Waals surface area contributed by atoms with Crippen LogP contribution in [0, 0.1) is 5.92 Å². The third-order valence-corrected chi connectivity index (χ3v) is 5.95. The number of hydrogen-bond donors (Lipinski definition) is 1. The molecule has 1 aliphatic heterocycles. The van der Waals surface area contributed by atoms with Crippen molar-refractivity contribution < 1.29 is 14.3 Å². The van der Waals surface area contributed by atoms with E-state index < -0.39 is 11.7 Å². The molecule has 0 spiro atoms. The molecular formula is C26H22N2O4. The van der Waals surface area contributed by atoms with E-state index in [1.165, 1.54) is 0 Å². The highest BCUT2D eigenvalue weighted by molar-refractivity contribution is 5.96. The smallest absolute Gasteiger partial charge is 0.344 e. The summed E-state index contributed by atoms with van der Waals surface area (Å²) in [6.45, 7) is 0.734. The Hall–Kier alpha value is -3.77. The first-order chi connectivity index (χ1) is 15.6. The predicted molar refractivity (Wildman–Crippen MR) is 121 cm³/mol. The Morgan fingerprint density at radius 3 is 2.72 bits per heavy atom. The van der Waals surface area contributed by atoms with Gasteiger partial charge >= 0.3 is 5.63 Å². The van der Waals surface area contributed by atoms with Crippen LogP contribution in [0.2, 0.25) is 0 Å². The Bertz CT molecular complexity index is 1330. The Labute approximate surface area is 184 Å². The summed E-state index contributed by atoms with van der Waals surface area (Å²) < 4.78 is 5.44. The molecule has 6 nitrogen and oxygen atoms in total. The van der Waals surface area contributed by atoms with E-state index in [1.807, 2.05) is 36.4 Å². The monoisotopic (exact) mass is 426 g/mol. The van der Waals surface area contributed by atoms with Gasteiger partial charge in [0.2, 0.25) is 0 Å². The summed E-state index contributed by atoms with van der Waals surface area (Å²) in [5.74, 6) is -0.232. The first-order valence-corrected chi connectivity index (χ1v) is 10.6. The van der Waals surface area contributed by atoms with E-state index in [2.05, 4.69) is 4.98 Å². The summed E-state index contributed by atoms with van der Waals surface area (Å²) in [7, 11) is 0. The summed E-state index contributed by atoms with van der Waals surface area (Å²) >= 11 is 0. The van der Waals surface area contributed by atoms with Crippen LogP contribution in [0.5, 0.6) is 0 Å². The lowest BCUT2D eigenvalue weighted by Gasteiger charge is -2.16. The van der Waals surface area contributed by atoms with Crippen molar-refractivity contribution in [2.45, 2.75) is 12.5 Å². The summed E-state index contributed by atoms with van der Waals surface area (Å²) in [5, 5.41) is 11.3. The Balaban J connectivity index is 1.38. The molecule has 1 fully saturated rings. The minimum Gasteiger partial charge on any atom is -0.422 e. The van der Waals surface area contributed by atoms with Crippen molar-refractivity contribution in [1.29, 1.82) is 0 Å². The fourth-order valence-corrected chi connectivity index (χ4v) is 4.27. The minimum absolute atomic E-state index is 0.0652. The SMILES string of the molecule is O=C(c1cccc(-c2cc3ccccc3oc2=O)c1)N1C[C@@H](Cc2ccccn2)[C@H](O)C1. The summed E-state index contributed by atoms with van der Waals surface area (Å²) in [6, 6.07) is 21.8. The zero-order chi connectivity index (χ0) is 22.1. The van der Waals surface area contributed by atoms with Gasteiger partial charge in [0.1, 0.15) is 5.58 Å². The Morgan fingerprint density at radius 2 is 1.88 bits per heavy atom. The molecule has 0 bridgehead atoms. The second-order valence-electron chi connectivity index (χ2n) is 8.13. The number of carbonyl (C=O) groups is 1. The van der Waals surface area contributed by atoms with Crippen molar-refractivity contribution in [3.8, 4) is 11.1 Å². The molecule has 4 aromatic rings. The molecule has 0 radical (unpaired) electrons. The summed E-state index contributed by atoms with van der Waals surface area (Å²) in [6.07, 6.45) is 1.75. The first kappa shape index (κ1) is 20.2. The van der Waals surface area contributed by atoms with Crippen molar-refractivity contribution in [3.63, 3.8) is 0 Å². The molecule has 1 aliphatic rings. The number of aliphatic hydroxyl groups excluding tert-OH is 1. The van der Waals surface area contributed by atoms with Gasteiger partial charge in [0.05, 0.1) is 11.7 Å². The van der Waals surface area contributed by atoms with Crippen LogP contribution in [0.15, 0.2) is 88.2 Å². The quantitative estimate of drug-likeness (QED) is 0.505. The molecule has 1 saturated heterocycles. The van der Waals surface area contributed by atoms with Crippen LogP contribution in [0.4, 0.5) is 0 Å². The second-order valence-corrected chi connectivity index (χ2v) is 8.13. The largest absolute Gasteiger partial charge is 0.422 e. The number of nitrogens with zero attached hydrogens (tertiary/aromatic N) is 2. The third-order valence-electron chi connectivity index (χ3n) is 5.95. The number of aliphatic hydroxyl groups is 1. The van der Waals surface area contributed by atoms with Gasteiger partial charge in [0, 0.05) is 41.8 Å². The molecule has 32 heavy (non-hydrogen) atoms. The zero-order valence-electron chi connectivity index (χ0n) is 17.3. The van der Waals surface area contributed by atoms with Gasteiger partial charge in [-0.3, -0.25) is 9.78 Å². The number of amides is 1. The lowest BCUT2D eigenvalue weighted by atomic mass is 10.00. The molecule has 1 amide bonds. The highest BCUT2D eigenvalue weighted by Crippen LogP contribution is 2.25. The average Bonchev–Trinajstić information content (AvgIpc) is 3.19. The summed E-state index contributed by atoms with van der Waals surface area (Å²) in [4.78, 5) is 31.7. The average molecular weight is 426 g/mol. The predicted octanol–water partition coefficient (Wildman–Crippen LogP) is 3.53. The van der Waals surface area contributed by atoms with Crippen molar-refractivity contribution in [3.05, 3.63) is 101 Å². The van der Waals surface area contributed by atoms with Crippen LogP contribution in [0.1, 0.15) is 16.1 Å². The molecule has 2 atom stereocenters. The molecule has 160 valence electrons. The molecule has 0 aliphatic carbocycles. The maximum atomic E-state index is 13.2. The molecule has 0 saturated carbocycles. The zero-order valence-corrected chi connectivity index (χ0v) is 17.3.